The van der Waals surface area contributed by atoms with Crippen molar-refractivity contribution >= 4 is 21.4 Å². The van der Waals surface area contributed by atoms with E-state index in [2.05, 4.69) is 24.0 Å². The van der Waals surface area contributed by atoms with Crippen molar-refractivity contribution in [1.82, 2.24) is 14.4 Å². The minimum atomic E-state index is -3.62. The van der Waals surface area contributed by atoms with Crippen molar-refractivity contribution in [1.29, 1.82) is 0 Å². The lowest BCUT2D eigenvalue weighted by Gasteiger charge is -2.15. The van der Waals surface area contributed by atoms with Gasteiger partial charge in [-0.3, -0.25) is 0 Å². The van der Waals surface area contributed by atoms with E-state index in [1.54, 1.807) is 25.2 Å². The van der Waals surface area contributed by atoms with Crippen LogP contribution in [0.4, 0.5) is 0 Å². The fourth-order valence-electron chi connectivity index (χ4n) is 1.97. The SMILES string of the molecule is Cc1noc(C)c1S(=O)(=O)N(C)Cc1csc(C(C)C)n1. The molecule has 0 bridgehead atoms. The Kier molecular flexibility index (Phi) is 4.50. The van der Waals surface area contributed by atoms with Gasteiger partial charge in [0.1, 0.15) is 10.6 Å². The molecule has 0 N–H and O–H groups in total. The van der Waals surface area contributed by atoms with Gasteiger partial charge in [-0.2, -0.15) is 4.31 Å². The second-order valence-corrected chi connectivity index (χ2v) is 8.12. The van der Waals surface area contributed by atoms with Crippen LogP contribution in [0.25, 0.3) is 0 Å². The zero-order valence-corrected chi connectivity index (χ0v) is 14.4. The smallest absolute Gasteiger partial charge is 0.248 e. The van der Waals surface area contributed by atoms with E-state index in [9.17, 15) is 8.42 Å². The maximum absolute atomic E-state index is 12.6. The number of nitrogens with zero attached hydrogens (tertiary/aromatic N) is 3. The molecule has 0 saturated heterocycles. The van der Waals surface area contributed by atoms with Crippen LogP contribution < -0.4 is 0 Å². The maximum atomic E-state index is 12.6. The molecule has 2 aromatic heterocycles. The Labute approximate surface area is 128 Å². The Hall–Kier alpha value is -1.25. The predicted molar refractivity (Wildman–Crippen MR) is 80.8 cm³/mol. The average Bonchev–Trinajstić information content (AvgIpc) is 2.96. The number of hydrogen-bond donors (Lipinski definition) is 0. The molecule has 0 atom stereocenters. The van der Waals surface area contributed by atoms with Crippen molar-refractivity contribution in [3.8, 4) is 0 Å². The fraction of sp³-hybridized carbons (Fsp3) is 0.538. The summed E-state index contributed by atoms with van der Waals surface area (Å²) in [4.78, 5) is 4.61. The highest BCUT2D eigenvalue weighted by Gasteiger charge is 2.29. The highest BCUT2D eigenvalue weighted by Crippen LogP contribution is 2.25. The van der Waals surface area contributed by atoms with Crippen LogP contribution in [-0.2, 0) is 16.6 Å². The Morgan fingerprint density at radius 1 is 1.38 bits per heavy atom. The molecule has 0 fully saturated rings. The van der Waals surface area contributed by atoms with Crippen molar-refractivity contribution in [3.05, 3.63) is 27.5 Å². The zero-order chi connectivity index (χ0) is 15.8. The second kappa shape index (κ2) is 5.86. The summed E-state index contributed by atoms with van der Waals surface area (Å²) < 4.78 is 31.4. The molecule has 0 unspecified atom stereocenters. The lowest BCUT2D eigenvalue weighted by molar-refractivity contribution is 0.389. The minimum Gasteiger partial charge on any atom is -0.360 e. The van der Waals surface area contributed by atoms with Gasteiger partial charge in [0.05, 0.1) is 17.2 Å². The van der Waals surface area contributed by atoms with Crippen LogP contribution in [0.15, 0.2) is 14.8 Å². The van der Waals surface area contributed by atoms with E-state index in [0.29, 0.717) is 17.4 Å². The quantitative estimate of drug-likeness (QED) is 0.843. The Morgan fingerprint density at radius 2 is 2.05 bits per heavy atom. The molecular formula is C13H19N3O3S2. The standard InChI is InChI=1S/C13H19N3O3S2/c1-8(2)13-14-11(7-20-13)6-16(5)21(17,18)12-9(3)15-19-10(12)4/h7-8H,6H2,1-5H3. The van der Waals surface area contributed by atoms with Crippen molar-refractivity contribution in [2.45, 2.75) is 45.1 Å². The van der Waals surface area contributed by atoms with Crippen LogP contribution in [0.5, 0.6) is 0 Å². The molecule has 0 aliphatic carbocycles. The molecule has 0 saturated carbocycles. The summed E-state index contributed by atoms with van der Waals surface area (Å²) in [5, 5.41) is 6.61. The minimum absolute atomic E-state index is 0.143. The van der Waals surface area contributed by atoms with Crippen molar-refractivity contribution < 1.29 is 12.9 Å². The van der Waals surface area contributed by atoms with E-state index >= 15 is 0 Å². The molecule has 0 aromatic carbocycles. The first-order valence-corrected chi connectivity index (χ1v) is 8.89. The molecule has 8 heteroatoms. The molecule has 0 radical (unpaired) electrons. The molecule has 116 valence electrons. The van der Waals surface area contributed by atoms with E-state index in [1.165, 1.54) is 11.4 Å². The van der Waals surface area contributed by atoms with Crippen molar-refractivity contribution in [2.75, 3.05) is 7.05 Å². The summed E-state index contributed by atoms with van der Waals surface area (Å²) >= 11 is 1.55. The van der Waals surface area contributed by atoms with Crippen molar-refractivity contribution in [3.63, 3.8) is 0 Å². The third-order valence-electron chi connectivity index (χ3n) is 3.08. The first-order chi connectivity index (χ1) is 9.73. The Balaban J connectivity index is 2.24. The molecule has 2 heterocycles. The number of hydrogen-bond acceptors (Lipinski definition) is 6. The molecular weight excluding hydrogens is 310 g/mol. The van der Waals surface area contributed by atoms with Crippen LogP contribution in [0.1, 0.15) is 41.9 Å². The van der Waals surface area contributed by atoms with Crippen LogP contribution in [0, 0.1) is 13.8 Å². The fourth-order valence-corrected chi connectivity index (χ4v) is 4.22. The zero-order valence-electron chi connectivity index (χ0n) is 12.7. The van der Waals surface area contributed by atoms with Crippen LogP contribution in [0.2, 0.25) is 0 Å². The van der Waals surface area contributed by atoms with Gasteiger partial charge in [-0.05, 0) is 13.8 Å². The van der Waals surface area contributed by atoms with Crippen LogP contribution in [0.3, 0.4) is 0 Å². The highest BCUT2D eigenvalue weighted by atomic mass is 32.2. The van der Waals surface area contributed by atoms with Gasteiger partial charge in [0.2, 0.25) is 10.0 Å². The maximum Gasteiger partial charge on any atom is 0.248 e. The van der Waals surface area contributed by atoms with Gasteiger partial charge < -0.3 is 4.52 Å². The molecule has 6 nitrogen and oxygen atoms in total. The number of rotatable bonds is 5. The third kappa shape index (κ3) is 3.17. The lowest BCUT2D eigenvalue weighted by atomic mass is 10.2. The number of aryl methyl sites for hydroxylation is 2. The molecule has 21 heavy (non-hydrogen) atoms. The van der Waals surface area contributed by atoms with Gasteiger partial charge in [0.15, 0.2) is 5.76 Å². The van der Waals surface area contributed by atoms with Gasteiger partial charge in [0, 0.05) is 18.3 Å². The first kappa shape index (κ1) is 16.1. The number of aromatic nitrogens is 2. The molecule has 2 rings (SSSR count). The van der Waals surface area contributed by atoms with E-state index in [-0.39, 0.29) is 11.4 Å². The normalized spacial score (nSPS) is 12.5. The Morgan fingerprint density at radius 3 is 2.52 bits per heavy atom. The van der Waals surface area contributed by atoms with Crippen molar-refractivity contribution in [2.24, 2.45) is 0 Å². The van der Waals surface area contributed by atoms with E-state index < -0.39 is 10.0 Å². The molecule has 0 aliphatic rings. The second-order valence-electron chi connectivity index (χ2n) is 5.25. The third-order valence-corrected chi connectivity index (χ3v) is 6.33. The molecule has 0 aliphatic heterocycles. The van der Waals surface area contributed by atoms with Gasteiger partial charge in [-0.1, -0.05) is 19.0 Å². The molecule has 0 amide bonds. The largest absolute Gasteiger partial charge is 0.360 e. The summed E-state index contributed by atoms with van der Waals surface area (Å²) in [7, 11) is -2.09. The van der Waals surface area contributed by atoms with Gasteiger partial charge >= 0.3 is 0 Å². The Bertz CT molecular complexity index is 712. The van der Waals surface area contributed by atoms with Gasteiger partial charge in [-0.15, -0.1) is 11.3 Å². The summed E-state index contributed by atoms with van der Waals surface area (Å²) in [5.74, 6) is 0.647. The van der Waals surface area contributed by atoms with E-state index in [1.807, 2.05) is 5.38 Å². The topological polar surface area (TPSA) is 76.3 Å². The van der Waals surface area contributed by atoms with Gasteiger partial charge in [0.25, 0.3) is 0 Å². The van der Waals surface area contributed by atoms with E-state index in [0.717, 1.165) is 10.7 Å². The summed E-state index contributed by atoms with van der Waals surface area (Å²) in [5.41, 5.74) is 1.13. The monoisotopic (exact) mass is 329 g/mol. The van der Waals surface area contributed by atoms with E-state index in [4.69, 9.17) is 4.52 Å². The summed E-state index contributed by atoms with van der Waals surface area (Å²) in [6.07, 6.45) is 0. The molecule has 0 spiro atoms. The highest BCUT2D eigenvalue weighted by molar-refractivity contribution is 7.89. The summed E-state index contributed by atoms with van der Waals surface area (Å²) in [6, 6.07) is 0. The first-order valence-electron chi connectivity index (χ1n) is 6.57. The number of sulfonamides is 1. The molecule has 2 aromatic rings. The summed E-state index contributed by atoms with van der Waals surface area (Å²) in [6.45, 7) is 7.58. The number of thiazole rings is 1. The van der Waals surface area contributed by atoms with Crippen LogP contribution in [-0.4, -0.2) is 29.9 Å². The lowest BCUT2D eigenvalue weighted by Crippen LogP contribution is -2.27. The predicted octanol–water partition coefficient (Wildman–Crippen LogP) is 2.69. The van der Waals surface area contributed by atoms with Gasteiger partial charge in [-0.25, -0.2) is 13.4 Å². The average molecular weight is 329 g/mol. The van der Waals surface area contributed by atoms with Crippen LogP contribution >= 0.6 is 11.3 Å².